The van der Waals surface area contributed by atoms with E-state index in [2.05, 4.69) is 4.72 Å². The first-order chi connectivity index (χ1) is 9.96. The van der Waals surface area contributed by atoms with Gasteiger partial charge in [0.1, 0.15) is 5.76 Å². The van der Waals surface area contributed by atoms with Crippen LogP contribution in [0.25, 0.3) is 6.08 Å². The third kappa shape index (κ3) is 4.59. The van der Waals surface area contributed by atoms with Crippen LogP contribution in [0.15, 0.2) is 52.3 Å². The molecule has 0 aliphatic heterocycles. The smallest absolute Gasteiger partial charge is 0.371 e. The highest BCUT2D eigenvalue weighted by atomic mass is 32.2. The number of rotatable bonds is 6. The van der Waals surface area contributed by atoms with Crippen molar-refractivity contribution in [2.75, 3.05) is 0 Å². The van der Waals surface area contributed by atoms with Crippen LogP contribution in [0.2, 0.25) is 0 Å². The topological polar surface area (TPSA) is 96.6 Å². The second-order valence-corrected chi connectivity index (χ2v) is 5.80. The van der Waals surface area contributed by atoms with Crippen molar-refractivity contribution in [3.8, 4) is 0 Å². The minimum absolute atomic E-state index is 0.116. The Morgan fingerprint density at radius 1 is 1.19 bits per heavy atom. The average Bonchev–Trinajstić information content (AvgIpc) is 2.94. The summed E-state index contributed by atoms with van der Waals surface area (Å²) in [5.41, 5.74) is 0.758. The summed E-state index contributed by atoms with van der Waals surface area (Å²) in [5, 5.41) is 9.74. The van der Waals surface area contributed by atoms with E-state index in [1.807, 2.05) is 6.07 Å². The lowest BCUT2D eigenvalue weighted by Crippen LogP contribution is -2.20. The van der Waals surface area contributed by atoms with Gasteiger partial charge >= 0.3 is 5.97 Å². The monoisotopic (exact) mass is 307 g/mol. The van der Waals surface area contributed by atoms with Gasteiger partial charge in [-0.1, -0.05) is 30.3 Å². The summed E-state index contributed by atoms with van der Waals surface area (Å²) in [5.74, 6) is -1.21. The molecule has 0 bridgehead atoms. The molecule has 0 fully saturated rings. The summed E-state index contributed by atoms with van der Waals surface area (Å²) in [6, 6.07) is 11.7. The van der Waals surface area contributed by atoms with Crippen LogP contribution in [0.5, 0.6) is 0 Å². The Balaban J connectivity index is 1.98. The zero-order chi connectivity index (χ0) is 15.3. The van der Waals surface area contributed by atoms with E-state index in [1.54, 1.807) is 24.3 Å². The maximum absolute atomic E-state index is 11.8. The number of carboxylic acid groups (broad SMARTS) is 1. The van der Waals surface area contributed by atoms with Gasteiger partial charge < -0.3 is 9.52 Å². The molecule has 1 heterocycles. The van der Waals surface area contributed by atoms with E-state index in [-0.39, 0.29) is 18.1 Å². The Morgan fingerprint density at radius 2 is 1.90 bits per heavy atom. The molecule has 0 atom stereocenters. The first-order valence-corrected chi connectivity index (χ1v) is 7.56. The Hall–Kier alpha value is -2.38. The summed E-state index contributed by atoms with van der Waals surface area (Å²) in [6.45, 7) is -0.116. The normalized spacial score (nSPS) is 11.8. The van der Waals surface area contributed by atoms with E-state index in [0.29, 0.717) is 0 Å². The van der Waals surface area contributed by atoms with Crippen molar-refractivity contribution in [3.63, 3.8) is 0 Å². The second kappa shape index (κ2) is 6.38. The van der Waals surface area contributed by atoms with Crippen LogP contribution in [0.3, 0.4) is 0 Å². The molecular weight excluding hydrogens is 294 g/mol. The molecule has 0 radical (unpaired) electrons. The first-order valence-electron chi connectivity index (χ1n) is 6.01. The van der Waals surface area contributed by atoms with Crippen molar-refractivity contribution in [1.82, 2.24) is 4.72 Å². The number of carboxylic acids is 1. The lowest BCUT2D eigenvalue weighted by Gasteiger charge is -2.00. The van der Waals surface area contributed by atoms with Gasteiger partial charge in [0.2, 0.25) is 15.8 Å². The average molecular weight is 307 g/mol. The Kier molecular flexibility index (Phi) is 4.56. The minimum Gasteiger partial charge on any atom is -0.475 e. The van der Waals surface area contributed by atoms with Crippen molar-refractivity contribution < 1.29 is 22.7 Å². The summed E-state index contributed by atoms with van der Waals surface area (Å²) in [4.78, 5) is 10.6. The van der Waals surface area contributed by atoms with Gasteiger partial charge in [0.25, 0.3) is 0 Å². The van der Waals surface area contributed by atoms with E-state index in [9.17, 15) is 13.2 Å². The minimum atomic E-state index is -3.63. The summed E-state index contributed by atoms with van der Waals surface area (Å²) >= 11 is 0. The van der Waals surface area contributed by atoms with Crippen LogP contribution in [0.1, 0.15) is 21.9 Å². The van der Waals surface area contributed by atoms with Gasteiger partial charge in [-0.2, -0.15) is 0 Å². The van der Waals surface area contributed by atoms with Crippen LogP contribution in [0.4, 0.5) is 0 Å². The molecule has 0 aliphatic carbocycles. The highest BCUT2D eigenvalue weighted by Crippen LogP contribution is 2.08. The molecule has 0 saturated heterocycles. The van der Waals surface area contributed by atoms with Crippen LogP contribution >= 0.6 is 0 Å². The van der Waals surface area contributed by atoms with Gasteiger partial charge in [0.15, 0.2) is 0 Å². The third-order valence-electron chi connectivity index (χ3n) is 2.56. The number of furan rings is 1. The zero-order valence-electron chi connectivity index (χ0n) is 10.9. The van der Waals surface area contributed by atoms with E-state index < -0.39 is 16.0 Å². The quantitative estimate of drug-likeness (QED) is 0.851. The molecule has 0 saturated carbocycles. The van der Waals surface area contributed by atoms with Gasteiger partial charge in [0, 0.05) is 5.41 Å². The zero-order valence-corrected chi connectivity index (χ0v) is 11.7. The molecule has 21 heavy (non-hydrogen) atoms. The van der Waals surface area contributed by atoms with Crippen molar-refractivity contribution in [2.24, 2.45) is 0 Å². The number of hydrogen-bond donors (Lipinski definition) is 2. The number of sulfonamides is 1. The maximum Gasteiger partial charge on any atom is 0.371 e. The lowest BCUT2D eigenvalue weighted by atomic mass is 10.2. The molecule has 0 amide bonds. The van der Waals surface area contributed by atoms with Gasteiger partial charge in [-0.15, -0.1) is 0 Å². The maximum atomic E-state index is 11.8. The van der Waals surface area contributed by atoms with Crippen LogP contribution in [-0.2, 0) is 16.6 Å². The largest absolute Gasteiger partial charge is 0.475 e. The fourth-order valence-electron chi connectivity index (χ4n) is 1.54. The van der Waals surface area contributed by atoms with Gasteiger partial charge in [0.05, 0.1) is 6.54 Å². The first kappa shape index (κ1) is 15.0. The van der Waals surface area contributed by atoms with Gasteiger partial charge in [-0.3, -0.25) is 0 Å². The molecule has 1 aromatic carbocycles. The highest BCUT2D eigenvalue weighted by molar-refractivity contribution is 7.92. The van der Waals surface area contributed by atoms with Crippen molar-refractivity contribution >= 4 is 22.1 Å². The van der Waals surface area contributed by atoms with Crippen molar-refractivity contribution in [3.05, 3.63) is 65.0 Å². The molecule has 110 valence electrons. The lowest BCUT2D eigenvalue weighted by molar-refractivity contribution is 0.0660. The Morgan fingerprint density at radius 3 is 2.52 bits per heavy atom. The Labute approximate surface area is 121 Å². The fourth-order valence-corrected chi connectivity index (χ4v) is 2.32. The molecule has 0 aliphatic rings. The fraction of sp³-hybridized carbons (Fsp3) is 0.0714. The van der Waals surface area contributed by atoms with Gasteiger partial charge in [-0.05, 0) is 23.8 Å². The number of aromatic carboxylic acids is 1. The van der Waals surface area contributed by atoms with Crippen LogP contribution in [0, 0.1) is 0 Å². The predicted octanol–water partition coefficient (Wildman–Crippen LogP) is 2.07. The SMILES string of the molecule is O=C(O)c1ccc(CNS(=O)(=O)/C=C/c2ccccc2)o1. The molecule has 7 heteroatoms. The van der Waals surface area contributed by atoms with E-state index in [0.717, 1.165) is 11.0 Å². The molecule has 0 spiro atoms. The molecule has 6 nitrogen and oxygen atoms in total. The van der Waals surface area contributed by atoms with Crippen LogP contribution < -0.4 is 4.72 Å². The number of hydrogen-bond acceptors (Lipinski definition) is 4. The molecule has 2 N–H and O–H groups in total. The van der Waals surface area contributed by atoms with E-state index in [4.69, 9.17) is 9.52 Å². The Bertz CT molecular complexity index is 747. The molecule has 2 aromatic rings. The third-order valence-corrected chi connectivity index (χ3v) is 3.60. The summed E-state index contributed by atoms with van der Waals surface area (Å²) < 4.78 is 30.8. The van der Waals surface area contributed by atoms with Gasteiger partial charge in [-0.25, -0.2) is 17.9 Å². The summed E-state index contributed by atoms with van der Waals surface area (Å²) in [6.07, 6.45) is 1.47. The molecule has 1 aromatic heterocycles. The molecule has 2 rings (SSSR count). The van der Waals surface area contributed by atoms with Crippen molar-refractivity contribution in [2.45, 2.75) is 6.54 Å². The second-order valence-electron chi connectivity index (χ2n) is 4.15. The van der Waals surface area contributed by atoms with E-state index in [1.165, 1.54) is 18.2 Å². The highest BCUT2D eigenvalue weighted by Gasteiger charge is 2.11. The molecular formula is C14H13NO5S. The molecule has 0 unspecified atom stereocenters. The summed E-state index contributed by atoms with van der Waals surface area (Å²) in [7, 11) is -3.63. The number of nitrogens with one attached hydrogen (secondary N) is 1. The number of benzene rings is 1. The standard InChI is InChI=1S/C14H13NO5S/c16-14(17)13-7-6-12(20-13)10-15-21(18,19)9-8-11-4-2-1-3-5-11/h1-9,15H,10H2,(H,16,17)/b9-8+. The van der Waals surface area contributed by atoms with E-state index >= 15 is 0 Å². The predicted molar refractivity (Wildman–Crippen MR) is 76.9 cm³/mol. The van der Waals surface area contributed by atoms with Crippen LogP contribution in [-0.4, -0.2) is 19.5 Å². The number of carbonyl (C=O) groups is 1. The van der Waals surface area contributed by atoms with Crippen molar-refractivity contribution in [1.29, 1.82) is 0 Å².